The Hall–Kier alpha value is -1.41. The summed E-state index contributed by atoms with van der Waals surface area (Å²) in [5.41, 5.74) is 6.25. The Morgan fingerprint density at radius 1 is 1.53 bits per heavy atom. The molecule has 2 heterocycles. The number of nitrogens with two attached hydrogens (primary N) is 1. The summed E-state index contributed by atoms with van der Waals surface area (Å²) < 4.78 is 27.7. The molecule has 1 unspecified atom stereocenters. The van der Waals surface area contributed by atoms with Crippen LogP contribution in [-0.4, -0.2) is 24.8 Å². The molecule has 0 saturated heterocycles. The Bertz CT molecular complexity index is 629. The zero-order valence-electron chi connectivity index (χ0n) is 9.25. The first kappa shape index (κ1) is 12.1. The van der Waals surface area contributed by atoms with Crippen LogP contribution in [0.2, 0.25) is 0 Å². The molecule has 0 aliphatic rings. The zero-order chi connectivity index (χ0) is 12.6. The Morgan fingerprint density at radius 2 is 2.24 bits per heavy atom. The average molecular weight is 273 g/mol. The molecule has 0 saturated carbocycles. The molecule has 2 N–H and O–H groups in total. The highest BCUT2D eigenvalue weighted by atomic mass is 32.2. The number of sulfone groups is 1. The van der Waals surface area contributed by atoms with Gasteiger partial charge in [0.25, 0.3) is 5.89 Å². The average Bonchev–Trinajstić information content (AvgIpc) is 2.83. The van der Waals surface area contributed by atoms with E-state index in [4.69, 9.17) is 10.3 Å². The number of thiophene rings is 1. The van der Waals surface area contributed by atoms with E-state index < -0.39 is 15.1 Å². The molecule has 0 fully saturated rings. The molecule has 2 aromatic heterocycles. The summed E-state index contributed by atoms with van der Waals surface area (Å²) in [6.07, 6.45) is 1.13. The third-order valence-electron chi connectivity index (χ3n) is 2.34. The van der Waals surface area contributed by atoms with Crippen LogP contribution in [0.3, 0.4) is 0 Å². The van der Waals surface area contributed by atoms with Gasteiger partial charge < -0.3 is 10.3 Å². The predicted molar refractivity (Wildman–Crippen MR) is 65.3 cm³/mol. The van der Waals surface area contributed by atoms with Gasteiger partial charge in [0.2, 0.25) is 0 Å². The predicted octanol–water partition coefficient (Wildman–Crippen LogP) is 1.49. The lowest BCUT2D eigenvalue weighted by molar-refractivity contribution is 0.422. The molecule has 8 heteroatoms. The van der Waals surface area contributed by atoms with Gasteiger partial charge in [-0.3, -0.25) is 0 Å². The molecule has 0 aromatic carbocycles. The zero-order valence-corrected chi connectivity index (χ0v) is 10.9. The molecule has 6 nitrogen and oxygen atoms in total. The maximum absolute atomic E-state index is 11.4. The standard InChI is InChI=1S/C9H11N3O3S2/c1-5(17(2,13)14)8-11-9(15-12-8)7-6(10)3-4-16-7/h3-5H,10H2,1-2H3. The summed E-state index contributed by atoms with van der Waals surface area (Å²) in [6.45, 7) is 1.52. The van der Waals surface area contributed by atoms with E-state index in [9.17, 15) is 8.42 Å². The molecule has 92 valence electrons. The second kappa shape index (κ2) is 4.11. The Labute approximate surface area is 102 Å². The summed E-state index contributed by atoms with van der Waals surface area (Å²) in [5, 5.41) is 4.68. The van der Waals surface area contributed by atoms with Crippen molar-refractivity contribution in [1.82, 2.24) is 10.1 Å². The second-order valence-electron chi connectivity index (χ2n) is 3.63. The van der Waals surface area contributed by atoms with Crippen molar-refractivity contribution in [1.29, 1.82) is 0 Å². The quantitative estimate of drug-likeness (QED) is 0.909. The van der Waals surface area contributed by atoms with Crippen molar-refractivity contribution in [2.24, 2.45) is 0 Å². The fraction of sp³-hybridized carbons (Fsp3) is 0.333. The van der Waals surface area contributed by atoms with Gasteiger partial charge in [0.1, 0.15) is 10.1 Å². The highest BCUT2D eigenvalue weighted by Crippen LogP contribution is 2.31. The largest absolute Gasteiger partial charge is 0.397 e. The van der Waals surface area contributed by atoms with Gasteiger partial charge in [-0.2, -0.15) is 4.98 Å². The van der Waals surface area contributed by atoms with Crippen molar-refractivity contribution in [3.63, 3.8) is 0 Å². The maximum atomic E-state index is 11.4. The van der Waals surface area contributed by atoms with Gasteiger partial charge in [-0.1, -0.05) is 5.16 Å². The molecule has 0 spiro atoms. The first-order chi connectivity index (χ1) is 7.89. The van der Waals surface area contributed by atoms with Crippen molar-refractivity contribution in [3.05, 3.63) is 17.3 Å². The van der Waals surface area contributed by atoms with E-state index in [0.29, 0.717) is 10.6 Å². The third-order valence-corrected chi connectivity index (χ3v) is 4.75. The van der Waals surface area contributed by atoms with Crippen molar-refractivity contribution >= 4 is 26.9 Å². The van der Waals surface area contributed by atoms with Gasteiger partial charge in [-0.15, -0.1) is 11.3 Å². The Balaban J connectivity index is 2.38. The van der Waals surface area contributed by atoms with Crippen LogP contribution in [0, 0.1) is 0 Å². The normalized spacial score (nSPS) is 13.8. The summed E-state index contributed by atoms with van der Waals surface area (Å²) in [7, 11) is -3.23. The molecule has 0 bridgehead atoms. The van der Waals surface area contributed by atoms with Crippen LogP contribution in [0.4, 0.5) is 5.69 Å². The second-order valence-corrected chi connectivity index (χ2v) is 6.92. The lowest BCUT2D eigenvalue weighted by atomic mass is 10.4. The summed E-state index contributed by atoms with van der Waals surface area (Å²) in [6, 6.07) is 1.73. The van der Waals surface area contributed by atoms with Gasteiger partial charge >= 0.3 is 0 Å². The van der Waals surface area contributed by atoms with Crippen molar-refractivity contribution < 1.29 is 12.9 Å². The van der Waals surface area contributed by atoms with Crippen LogP contribution < -0.4 is 5.73 Å². The van der Waals surface area contributed by atoms with Crippen molar-refractivity contribution in [2.75, 3.05) is 12.0 Å². The van der Waals surface area contributed by atoms with Gasteiger partial charge in [0, 0.05) is 6.26 Å². The Morgan fingerprint density at radius 3 is 2.76 bits per heavy atom. The van der Waals surface area contributed by atoms with Gasteiger partial charge in [0.15, 0.2) is 15.7 Å². The van der Waals surface area contributed by atoms with Gasteiger partial charge in [-0.05, 0) is 18.4 Å². The van der Waals surface area contributed by atoms with Gasteiger partial charge in [0.05, 0.1) is 5.69 Å². The first-order valence-corrected chi connectivity index (χ1v) is 7.59. The van der Waals surface area contributed by atoms with Crippen LogP contribution in [0.25, 0.3) is 10.8 Å². The summed E-state index contributed by atoms with van der Waals surface area (Å²) in [4.78, 5) is 4.71. The van der Waals surface area contributed by atoms with Crippen molar-refractivity contribution in [3.8, 4) is 10.8 Å². The fourth-order valence-corrected chi connectivity index (χ4v) is 2.39. The number of hydrogen-bond donors (Lipinski definition) is 1. The lowest BCUT2D eigenvalue weighted by Gasteiger charge is -2.01. The molecule has 0 aliphatic heterocycles. The molecule has 0 aliphatic carbocycles. The summed E-state index contributed by atoms with van der Waals surface area (Å²) >= 11 is 1.36. The minimum atomic E-state index is -3.23. The molecule has 2 aromatic rings. The number of aromatic nitrogens is 2. The highest BCUT2D eigenvalue weighted by molar-refractivity contribution is 7.90. The number of nitrogen functional groups attached to an aromatic ring is 1. The van der Waals surface area contributed by atoms with Crippen LogP contribution >= 0.6 is 11.3 Å². The Kier molecular flexibility index (Phi) is 2.92. The molecular weight excluding hydrogens is 262 g/mol. The van der Waals surface area contributed by atoms with Crippen LogP contribution in [-0.2, 0) is 9.84 Å². The fourth-order valence-electron chi connectivity index (χ4n) is 1.18. The van der Waals surface area contributed by atoms with Crippen LogP contribution in [0.1, 0.15) is 18.0 Å². The molecule has 0 radical (unpaired) electrons. The van der Waals surface area contributed by atoms with Crippen LogP contribution in [0.5, 0.6) is 0 Å². The maximum Gasteiger partial charge on any atom is 0.270 e. The molecule has 1 atom stereocenters. The van der Waals surface area contributed by atoms with E-state index in [0.717, 1.165) is 6.26 Å². The molecular formula is C9H11N3O3S2. The molecule has 2 rings (SSSR count). The third kappa shape index (κ3) is 2.32. The number of hydrogen-bond acceptors (Lipinski definition) is 7. The van der Waals surface area contributed by atoms with Crippen molar-refractivity contribution in [2.45, 2.75) is 12.2 Å². The van der Waals surface area contributed by atoms with E-state index in [1.54, 1.807) is 11.4 Å². The van der Waals surface area contributed by atoms with E-state index >= 15 is 0 Å². The smallest absolute Gasteiger partial charge is 0.270 e. The minimum Gasteiger partial charge on any atom is -0.397 e. The lowest BCUT2D eigenvalue weighted by Crippen LogP contribution is -2.09. The first-order valence-electron chi connectivity index (χ1n) is 4.75. The topological polar surface area (TPSA) is 99.1 Å². The molecule has 0 amide bonds. The van der Waals surface area contributed by atoms with E-state index in [1.807, 2.05) is 0 Å². The van der Waals surface area contributed by atoms with E-state index in [2.05, 4.69) is 10.1 Å². The SMILES string of the molecule is CC(c1noc(-c2sccc2N)n1)S(C)(=O)=O. The van der Waals surface area contributed by atoms with E-state index in [1.165, 1.54) is 18.3 Å². The number of anilines is 1. The van der Waals surface area contributed by atoms with Crippen LogP contribution in [0.15, 0.2) is 16.0 Å². The summed E-state index contributed by atoms with van der Waals surface area (Å²) in [5.74, 6) is 0.401. The van der Waals surface area contributed by atoms with E-state index in [-0.39, 0.29) is 11.7 Å². The minimum absolute atomic E-state index is 0.148. The highest BCUT2D eigenvalue weighted by Gasteiger charge is 2.24. The number of nitrogens with zero attached hydrogens (tertiary/aromatic N) is 2. The molecule has 17 heavy (non-hydrogen) atoms. The monoisotopic (exact) mass is 273 g/mol. The number of rotatable bonds is 3. The van der Waals surface area contributed by atoms with Gasteiger partial charge in [-0.25, -0.2) is 8.42 Å².